The number of hydrogen-bond acceptors (Lipinski definition) is 2. The molecule has 0 amide bonds. The van der Waals surface area contributed by atoms with E-state index in [1.807, 2.05) is 31.2 Å². The van der Waals surface area contributed by atoms with E-state index >= 15 is 0 Å². The van der Waals surface area contributed by atoms with Crippen LogP contribution in [-0.2, 0) is 0 Å². The molecule has 0 aliphatic carbocycles. The monoisotopic (exact) mass is 275 g/mol. The molecule has 0 heterocycles. The molecule has 1 aromatic rings. The average Bonchev–Trinajstić information content (AvgIpc) is 2.18. The normalized spacial score (nSPS) is 11.6. The predicted molar refractivity (Wildman–Crippen MR) is 64.4 cm³/mol. The number of hydrogen-bond donors (Lipinski definition) is 2. The Morgan fingerprint density at radius 1 is 1.64 bits per heavy atom. The van der Waals surface area contributed by atoms with Crippen molar-refractivity contribution in [1.29, 1.82) is 0 Å². The van der Waals surface area contributed by atoms with Crippen LogP contribution in [0.15, 0.2) is 28.2 Å². The highest BCUT2D eigenvalue weighted by Gasteiger charge is 1.99. The maximum atomic E-state index is 8.90. The largest absolute Gasteiger partial charge is 0.392 e. The van der Waals surface area contributed by atoms with Crippen molar-refractivity contribution in [2.75, 3.05) is 11.4 Å². The summed E-state index contributed by atoms with van der Waals surface area (Å²) in [6, 6.07) is 5.70. The molecule has 0 unspecified atom stereocenters. The van der Waals surface area contributed by atoms with Crippen molar-refractivity contribution in [2.45, 2.75) is 6.92 Å². The third kappa shape index (κ3) is 3.01. The topological polar surface area (TPSA) is 32.3 Å². The molecule has 0 spiro atoms. The third-order valence-corrected chi connectivity index (χ3v) is 2.46. The van der Waals surface area contributed by atoms with Crippen LogP contribution in [-0.4, -0.2) is 11.7 Å². The molecule has 0 aromatic heterocycles. The molecule has 76 valence electrons. The highest BCUT2D eigenvalue weighted by molar-refractivity contribution is 9.10. The number of aliphatic hydroxyl groups is 1. The number of rotatable bonds is 3. The van der Waals surface area contributed by atoms with Crippen LogP contribution >= 0.6 is 27.7 Å². The lowest BCUT2D eigenvalue weighted by Crippen LogP contribution is -1.88. The van der Waals surface area contributed by atoms with Crippen LogP contribution in [0, 0.1) is 0 Å². The summed E-state index contributed by atoms with van der Waals surface area (Å²) in [4.78, 5) is 2.58. The highest BCUT2D eigenvalue weighted by Crippen LogP contribution is 2.23. The van der Waals surface area contributed by atoms with Gasteiger partial charge >= 0.3 is 0 Å². The first-order valence-corrected chi connectivity index (χ1v) is 5.28. The van der Waals surface area contributed by atoms with Crippen LogP contribution in [0.5, 0.6) is 0 Å². The predicted octanol–water partition coefficient (Wildman–Crippen LogP) is 3.41. The zero-order chi connectivity index (χ0) is 10.6. The summed E-state index contributed by atoms with van der Waals surface area (Å²) in [6.07, 6.45) is 1.88. The van der Waals surface area contributed by atoms with E-state index in [0.717, 1.165) is 21.3 Å². The van der Waals surface area contributed by atoms with Crippen molar-refractivity contribution >= 4 is 39.5 Å². The zero-order valence-electron chi connectivity index (χ0n) is 7.72. The molecule has 0 bridgehead atoms. The van der Waals surface area contributed by atoms with Crippen LogP contribution in [0.25, 0.3) is 6.08 Å². The smallest absolute Gasteiger partial charge is 0.0642 e. The van der Waals surface area contributed by atoms with E-state index in [1.54, 1.807) is 0 Å². The lowest BCUT2D eigenvalue weighted by Gasteiger charge is -2.05. The molecule has 0 radical (unpaired) electrons. The highest BCUT2D eigenvalue weighted by atomic mass is 79.9. The number of nitrogens with one attached hydrogen (secondary N) is 1. The minimum absolute atomic E-state index is 0.0498. The summed E-state index contributed by atoms with van der Waals surface area (Å²) < 4.78 is 0.977. The Bertz CT molecular complexity index is 352. The van der Waals surface area contributed by atoms with Gasteiger partial charge < -0.3 is 5.11 Å². The van der Waals surface area contributed by atoms with Crippen molar-refractivity contribution in [3.8, 4) is 0 Å². The fourth-order valence-electron chi connectivity index (χ4n) is 1.05. The van der Waals surface area contributed by atoms with Crippen LogP contribution in [0.4, 0.5) is 5.69 Å². The molecule has 0 aliphatic heterocycles. The molecule has 0 saturated carbocycles. The maximum absolute atomic E-state index is 8.90. The Balaban J connectivity index is 3.11. The molecule has 4 heteroatoms. The van der Waals surface area contributed by atoms with Gasteiger partial charge in [0.2, 0.25) is 0 Å². The molecule has 0 aliphatic rings. The Kier molecular flexibility index (Phi) is 4.45. The van der Waals surface area contributed by atoms with Crippen LogP contribution < -0.4 is 4.84 Å². The molecular weight excluding hydrogens is 265 g/mol. The van der Waals surface area contributed by atoms with Gasteiger partial charge in [-0.15, -0.1) is 0 Å². The van der Waals surface area contributed by atoms with Crippen molar-refractivity contribution in [2.24, 2.45) is 0 Å². The molecular formula is C10H11BrClNO. The first kappa shape index (κ1) is 11.6. The molecule has 2 N–H and O–H groups in total. The first-order chi connectivity index (χ1) is 6.67. The quantitative estimate of drug-likeness (QED) is 0.829. The van der Waals surface area contributed by atoms with Crippen molar-refractivity contribution in [3.63, 3.8) is 0 Å². The van der Waals surface area contributed by atoms with Gasteiger partial charge in [0.15, 0.2) is 0 Å². The molecule has 1 rings (SSSR count). The van der Waals surface area contributed by atoms with Gasteiger partial charge in [0.1, 0.15) is 0 Å². The zero-order valence-corrected chi connectivity index (χ0v) is 10.1. The Morgan fingerprint density at radius 3 is 2.93 bits per heavy atom. The third-order valence-electron chi connectivity index (χ3n) is 1.77. The first-order valence-electron chi connectivity index (χ1n) is 4.11. The van der Waals surface area contributed by atoms with Crippen LogP contribution in [0.1, 0.15) is 12.5 Å². The van der Waals surface area contributed by atoms with E-state index in [2.05, 4.69) is 20.8 Å². The fraction of sp³-hybridized carbons (Fsp3) is 0.200. The van der Waals surface area contributed by atoms with Crippen molar-refractivity contribution < 1.29 is 5.11 Å². The molecule has 2 nitrogen and oxygen atoms in total. The van der Waals surface area contributed by atoms with E-state index in [4.69, 9.17) is 16.9 Å². The minimum Gasteiger partial charge on any atom is -0.392 e. The van der Waals surface area contributed by atoms with Crippen LogP contribution in [0.3, 0.4) is 0 Å². The van der Waals surface area contributed by atoms with Gasteiger partial charge in [-0.05, 0) is 36.3 Å². The summed E-state index contributed by atoms with van der Waals surface area (Å²) in [7, 11) is 0. The number of benzene rings is 1. The molecule has 1 aromatic carbocycles. The molecule has 14 heavy (non-hydrogen) atoms. The second-order valence-electron chi connectivity index (χ2n) is 2.97. The van der Waals surface area contributed by atoms with Gasteiger partial charge in [0, 0.05) is 16.2 Å². The van der Waals surface area contributed by atoms with Crippen molar-refractivity contribution in [1.82, 2.24) is 0 Å². The lowest BCUT2D eigenvalue weighted by atomic mass is 10.1. The molecule has 0 atom stereocenters. The van der Waals surface area contributed by atoms with Gasteiger partial charge in [-0.2, -0.15) is 0 Å². The summed E-state index contributed by atoms with van der Waals surface area (Å²) >= 11 is 8.93. The number of halogens is 2. The SMILES string of the molecule is C/C(=C\c1cc(Br)ccc1NCl)CO. The maximum Gasteiger partial charge on any atom is 0.0642 e. The number of anilines is 1. The summed E-state index contributed by atoms with van der Waals surface area (Å²) in [5, 5.41) is 8.90. The van der Waals surface area contributed by atoms with E-state index in [9.17, 15) is 0 Å². The summed E-state index contributed by atoms with van der Waals surface area (Å²) in [5.74, 6) is 0. The van der Waals surface area contributed by atoms with Gasteiger partial charge in [-0.25, -0.2) is 0 Å². The lowest BCUT2D eigenvalue weighted by molar-refractivity contribution is 0.332. The molecule has 0 saturated heterocycles. The van der Waals surface area contributed by atoms with Gasteiger partial charge in [0.25, 0.3) is 0 Å². The Morgan fingerprint density at radius 2 is 2.36 bits per heavy atom. The average molecular weight is 277 g/mol. The van der Waals surface area contributed by atoms with E-state index in [-0.39, 0.29) is 6.61 Å². The second-order valence-corrected chi connectivity index (χ2v) is 4.08. The van der Waals surface area contributed by atoms with Gasteiger partial charge in [-0.1, -0.05) is 22.0 Å². The van der Waals surface area contributed by atoms with Gasteiger partial charge in [-0.3, -0.25) is 4.84 Å². The van der Waals surface area contributed by atoms with E-state index in [1.165, 1.54) is 0 Å². The van der Waals surface area contributed by atoms with Gasteiger partial charge in [0.05, 0.1) is 12.3 Å². The standard InChI is InChI=1S/C10H11BrClNO/c1-7(6-14)4-8-5-9(11)2-3-10(8)13-12/h2-5,13-14H,6H2,1H3/b7-4+. The Hall–Kier alpha value is -0.510. The van der Waals surface area contributed by atoms with E-state index < -0.39 is 0 Å². The fourth-order valence-corrected chi connectivity index (χ4v) is 1.60. The Labute approximate surface area is 96.8 Å². The molecule has 0 fully saturated rings. The summed E-state index contributed by atoms with van der Waals surface area (Å²) in [6.45, 7) is 1.91. The minimum atomic E-state index is 0.0498. The van der Waals surface area contributed by atoms with Crippen molar-refractivity contribution in [3.05, 3.63) is 33.8 Å². The second kappa shape index (κ2) is 5.39. The van der Waals surface area contributed by atoms with E-state index in [0.29, 0.717) is 0 Å². The number of aliphatic hydroxyl groups excluding tert-OH is 1. The summed E-state index contributed by atoms with van der Waals surface area (Å²) in [5.41, 5.74) is 2.65. The van der Waals surface area contributed by atoms with Crippen LogP contribution in [0.2, 0.25) is 0 Å².